The highest BCUT2D eigenvalue weighted by atomic mass is 19.1. The molecule has 0 amide bonds. The van der Waals surface area contributed by atoms with E-state index in [-0.39, 0.29) is 18.5 Å². The Balaban J connectivity index is 1.88. The Morgan fingerprint density at radius 3 is 2.84 bits per heavy atom. The van der Waals surface area contributed by atoms with Gasteiger partial charge in [0.2, 0.25) is 0 Å². The van der Waals surface area contributed by atoms with Gasteiger partial charge < -0.3 is 4.74 Å². The lowest BCUT2D eigenvalue weighted by Crippen LogP contribution is -2.43. The highest BCUT2D eigenvalue weighted by Crippen LogP contribution is 2.22. The monoisotopic (exact) mass is 265 g/mol. The molecule has 0 saturated carbocycles. The third kappa shape index (κ3) is 4.31. The van der Waals surface area contributed by atoms with Crippen LogP contribution in [0.5, 0.6) is 0 Å². The Labute approximate surface area is 113 Å². The fraction of sp³-hybridized carbons (Fsp3) is 0.533. The molecule has 0 N–H and O–H groups in total. The number of esters is 1. The molecule has 1 aromatic rings. The lowest BCUT2D eigenvalue weighted by Gasteiger charge is -2.34. The van der Waals surface area contributed by atoms with Crippen LogP contribution in [0.25, 0.3) is 0 Å². The normalized spacial score (nSPS) is 24.1. The van der Waals surface area contributed by atoms with Crippen LogP contribution in [-0.2, 0) is 16.1 Å². The Kier molecular flexibility index (Phi) is 4.91. The lowest BCUT2D eigenvalue weighted by atomic mass is 9.96. The maximum Gasteiger partial charge on any atom is 0.302 e. The summed E-state index contributed by atoms with van der Waals surface area (Å²) in [6.07, 6.45) is -0.356. The second kappa shape index (κ2) is 6.66. The number of benzene rings is 1. The van der Waals surface area contributed by atoms with Gasteiger partial charge in [-0.3, -0.25) is 9.69 Å². The molecule has 0 aromatic heterocycles. The van der Waals surface area contributed by atoms with Gasteiger partial charge in [0.25, 0.3) is 0 Å². The molecule has 1 aliphatic rings. The second-order valence-corrected chi connectivity index (χ2v) is 5.09. The molecule has 0 bridgehead atoms. The van der Waals surface area contributed by atoms with Crippen LogP contribution < -0.4 is 0 Å². The van der Waals surface area contributed by atoms with Crippen molar-refractivity contribution in [2.75, 3.05) is 19.7 Å². The van der Waals surface area contributed by atoms with E-state index in [1.54, 1.807) is 0 Å². The van der Waals surface area contributed by atoms with E-state index in [2.05, 4.69) is 17.0 Å². The molecule has 1 aliphatic heterocycles. The van der Waals surface area contributed by atoms with Crippen LogP contribution >= 0.6 is 0 Å². The van der Waals surface area contributed by atoms with E-state index < -0.39 is 6.17 Å². The highest BCUT2D eigenvalue weighted by Gasteiger charge is 2.29. The fourth-order valence-corrected chi connectivity index (χ4v) is 2.45. The quantitative estimate of drug-likeness (QED) is 0.783. The molecule has 1 heterocycles. The van der Waals surface area contributed by atoms with Crippen molar-refractivity contribution in [2.45, 2.75) is 26.1 Å². The number of rotatable bonds is 4. The molecule has 2 atom stereocenters. The zero-order chi connectivity index (χ0) is 13.7. The van der Waals surface area contributed by atoms with E-state index in [4.69, 9.17) is 4.74 Å². The van der Waals surface area contributed by atoms with E-state index in [9.17, 15) is 9.18 Å². The molecule has 1 saturated heterocycles. The number of piperidine rings is 1. The molecule has 104 valence electrons. The SMILES string of the molecule is CC(=O)OC[C@H]1CN(Cc2ccccc2)CC[C@@H]1F. The summed E-state index contributed by atoms with van der Waals surface area (Å²) in [5.74, 6) is -0.547. The van der Waals surface area contributed by atoms with Gasteiger partial charge in [-0.2, -0.15) is 0 Å². The average molecular weight is 265 g/mol. The number of nitrogens with zero attached hydrogens (tertiary/aromatic N) is 1. The van der Waals surface area contributed by atoms with E-state index >= 15 is 0 Å². The first kappa shape index (κ1) is 14.0. The van der Waals surface area contributed by atoms with Gasteiger partial charge in [-0.15, -0.1) is 0 Å². The van der Waals surface area contributed by atoms with Gasteiger partial charge in [0.1, 0.15) is 6.17 Å². The molecular formula is C15H20FNO2. The lowest BCUT2D eigenvalue weighted by molar-refractivity contribution is -0.143. The first-order chi connectivity index (χ1) is 9.15. The molecule has 4 heteroatoms. The van der Waals surface area contributed by atoms with Crippen molar-refractivity contribution >= 4 is 5.97 Å². The predicted octanol–water partition coefficient (Wildman–Crippen LogP) is 2.41. The first-order valence-corrected chi connectivity index (χ1v) is 6.69. The maximum atomic E-state index is 13.8. The number of halogens is 1. The van der Waals surface area contributed by atoms with Crippen molar-refractivity contribution in [1.82, 2.24) is 4.90 Å². The molecular weight excluding hydrogens is 245 g/mol. The summed E-state index contributed by atoms with van der Waals surface area (Å²) in [5.41, 5.74) is 1.23. The molecule has 0 spiro atoms. The molecule has 1 aromatic carbocycles. The van der Waals surface area contributed by atoms with Gasteiger partial charge >= 0.3 is 5.97 Å². The van der Waals surface area contributed by atoms with Crippen molar-refractivity contribution in [3.05, 3.63) is 35.9 Å². The number of ether oxygens (including phenoxy) is 1. The minimum Gasteiger partial charge on any atom is -0.465 e. The van der Waals surface area contributed by atoms with Gasteiger partial charge in [0, 0.05) is 32.5 Å². The number of carbonyl (C=O) groups is 1. The Morgan fingerprint density at radius 2 is 2.16 bits per heavy atom. The van der Waals surface area contributed by atoms with Crippen LogP contribution in [0.3, 0.4) is 0 Å². The van der Waals surface area contributed by atoms with Gasteiger partial charge in [-0.25, -0.2) is 4.39 Å². The second-order valence-electron chi connectivity index (χ2n) is 5.09. The van der Waals surface area contributed by atoms with Crippen LogP contribution in [0.1, 0.15) is 18.9 Å². The predicted molar refractivity (Wildman–Crippen MR) is 71.4 cm³/mol. The smallest absolute Gasteiger partial charge is 0.302 e. The first-order valence-electron chi connectivity index (χ1n) is 6.69. The minimum atomic E-state index is -0.869. The van der Waals surface area contributed by atoms with E-state index in [0.29, 0.717) is 13.0 Å². The summed E-state index contributed by atoms with van der Waals surface area (Å²) in [5, 5.41) is 0. The standard InChI is InChI=1S/C15H20FNO2/c1-12(18)19-11-14-10-17(8-7-15(14)16)9-13-5-3-2-4-6-13/h2-6,14-15H,7-11H2,1H3/t14-,15+/m1/s1. The highest BCUT2D eigenvalue weighted by molar-refractivity contribution is 5.65. The Hall–Kier alpha value is -1.42. The molecule has 19 heavy (non-hydrogen) atoms. The van der Waals surface area contributed by atoms with Crippen LogP contribution in [0, 0.1) is 5.92 Å². The third-order valence-corrected chi connectivity index (χ3v) is 3.47. The van der Waals surface area contributed by atoms with Crippen molar-refractivity contribution in [3.63, 3.8) is 0 Å². The van der Waals surface area contributed by atoms with Gasteiger partial charge in [0.05, 0.1) is 6.61 Å². The summed E-state index contributed by atoms with van der Waals surface area (Å²) >= 11 is 0. The zero-order valence-electron chi connectivity index (χ0n) is 11.2. The topological polar surface area (TPSA) is 29.5 Å². The summed E-state index contributed by atoms with van der Waals surface area (Å²) in [6, 6.07) is 10.1. The molecule has 2 rings (SSSR count). The van der Waals surface area contributed by atoms with E-state index in [1.807, 2.05) is 18.2 Å². The number of hydrogen-bond donors (Lipinski definition) is 0. The van der Waals surface area contributed by atoms with Crippen LogP contribution in [0.4, 0.5) is 4.39 Å². The van der Waals surface area contributed by atoms with E-state index in [0.717, 1.165) is 13.1 Å². The number of carbonyl (C=O) groups excluding carboxylic acids is 1. The van der Waals surface area contributed by atoms with Crippen molar-refractivity contribution in [1.29, 1.82) is 0 Å². The van der Waals surface area contributed by atoms with Crippen molar-refractivity contribution in [2.24, 2.45) is 5.92 Å². The zero-order valence-corrected chi connectivity index (χ0v) is 11.2. The van der Waals surface area contributed by atoms with Crippen LogP contribution in [0.15, 0.2) is 30.3 Å². The van der Waals surface area contributed by atoms with Crippen LogP contribution in [-0.4, -0.2) is 36.7 Å². The van der Waals surface area contributed by atoms with Gasteiger partial charge in [-0.05, 0) is 12.0 Å². The fourth-order valence-electron chi connectivity index (χ4n) is 2.45. The minimum absolute atomic E-state index is 0.182. The Bertz CT molecular complexity index is 410. The largest absolute Gasteiger partial charge is 0.465 e. The summed E-state index contributed by atoms with van der Waals surface area (Å²) in [4.78, 5) is 13.0. The summed E-state index contributed by atoms with van der Waals surface area (Å²) < 4.78 is 18.7. The molecule has 0 unspecified atom stereocenters. The molecule has 3 nitrogen and oxygen atoms in total. The Morgan fingerprint density at radius 1 is 1.42 bits per heavy atom. The van der Waals surface area contributed by atoms with Gasteiger partial charge in [0.15, 0.2) is 0 Å². The number of alkyl halides is 1. The molecule has 0 aliphatic carbocycles. The molecule has 0 radical (unpaired) electrons. The van der Waals surface area contributed by atoms with Crippen molar-refractivity contribution < 1.29 is 13.9 Å². The number of hydrogen-bond acceptors (Lipinski definition) is 3. The average Bonchev–Trinajstić information content (AvgIpc) is 2.40. The summed E-state index contributed by atoms with van der Waals surface area (Å²) in [7, 11) is 0. The maximum absolute atomic E-state index is 13.8. The van der Waals surface area contributed by atoms with Crippen molar-refractivity contribution in [3.8, 4) is 0 Å². The van der Waals surface area contributed by atoms with Crippen LogP contribution in [0.2, 0.25) is 0 Å². The third-order valence-electron chi connectivity index (χ3n) is 3.47. The van der Waals surface area contributed by atoms with E-state index in [1.165, 1.54) is 12.5 Å². The molecule has 1 fully saturated rings. The summed E-state index contributed by atoms with van der Waals surface area (Å²) in [6.45, 7) is 3.76. The van der Waals surface area contributed by atoms with Gasteiger partial charge in [-0.1, -0.05) is 30.3 Å². The number of likely N-dealkylation sites (tertiary alicyclic amines) is 1.